The monoisotopic (exact) mass is 299 g/mol. The van der Waals surface area contributed by atoms with Crippen LogP contribution in [0.3, 0.4) is 0 Å². The molecular weight excluding hydrogens is 278 g/mol. The Morgan fingerprint density at radius 3 is 3.00 bits per heavy atom. The van der Waals surface area contributed by atoms with Gasteiger partial charge in [0.05, 0.1) is 0 Å². The fourth-order valence-corrected chi connectivity index (χ4v) is 3.06. The molecule has 0 unspecified atom stereocenters. The number of imidazole rings is 1. The summed E-state index contributed by atoms with van der Waals surface area (Å²) < 4.78 is 2.19. The van der Waals surface area contributed by atoms with Crippen molar-refractivity contribution >= 4 is 5.91 Å². The minimum absolute atomic E-state index is 0.0393. The standard InChI is InChI=1S/C16H21N5O/c1-11-8-14(19-12(2)18-11)16(22)20(3)10-13-4-6-21-7-5-17-15(21)9-13/h5,7-8,13H,4,6,9-10H2,1-3H3/t13-/m0/s1. The molecule has 22 heavy (non-hydrogen) atoms. The third-order valence-corrected chi connectivity index (χ3v) is 4.12. The van der Waals surface area contributed by atoms with Crippen LogP contribution < -0.4 is 0 Å². The quantitative estimate of drug-likeness (QED) is 0.864. The first-order valence-electron chi connectivity index (χ1n) is 7.60. The lowest BCUT2D eigenvalue weighted by atomic mass is 9.97. The molecule has 0 aromatic carbocycles. The summed E-state index contributed by atoms with van der Waals surface area (Å²) in [5.74, 6) is 2.16. The molecule has 2 aromatic heterocycles. The van der Waals surface area contributed by atoms with E-state index < -0.39 is 0 Å². The van der Waals surface area contributed by atoms with Crippen molar-refractivity contribution in [2.24, 2.45) is 5.92 Å². The molecular formula is C16H21N5O. The molecule has 6 nitrogen and oxygen atoms in total. The molecule has 0 N–H and O–H groups in total. The number of carbonyl (C=O) groups excluding carboxylic acids is 1. The minimum Gasteiger partial charge on any atom is -0.340 e. The summed E-state index contributed by atoms with van der Waals surface area (Å²) >= 11 is 0. The Morgan fingerprint density at radius 1 is 1.41 bits per heavy atom. The molecule has 0 saturated carbocycles. The van der Waals surface area contributed by atoms with Crippen molar-refractivity contribution in [2.45, 2.75) is 33.2 Å². The molecule has 0 radical (unpaired) electrons. The molecule has 3 rings (SSSR count). The fourth-order valence-electron chi connectivity index (χ4n) is 3.06. The molecule has 0 fully saturated rings. The normalized spacial score (nSPS) is 17.1. The Hall–Kier alpha value is -2.24. The van der Waals surface area contributed by atoms with Crippen LogP contribution in [0, 0.1) is 19.8 Å². The molecule has 0 spiro atoms. The van der Waals surface area contributed by atoms with Crippen LogP contribution in [-0.4, -0.2) is 43.9 Å². The highest BCUT2D eigenvalue weighted by atomic mass is 16.2. The smallest absolute Gasteiger partial charge is 0.272 e. The maximum absolute atomic E-state index is 12.5. The van der Waals surface area contributed by atoms with E-state index in [0.29, 0.717) is 17.4 Å². The molecule has 116 valence electrons. The first-order chi connectivity index (χ1) is 10.5. The van der Waals surface area contributed by atoms with E-state index in [9.17, 15) is 4.79 Å². The lowest BCUT2D eigenvalue weighted by Crippen LogP contribution is -2.35. The molecule has 1 aliphatic heterocycles. The summed E-state index contributed by atoms with van der Waals surface area (Å²) in [5.41, 5.74) is 1.30. The molecule has 1 aliphatic rings. The van der Waals surface area contributed by atoms with Crippen LogP contribution in [0.15, 0.2) is 18.5 Å². The van der Waals surface area contributed by atoms with E-state index in [4.69, 9.17) is 0 Å². The van der Waals surface area contributed by atoms with Crippen molar-refractivity contribution in [3.05, 3.63) is 41.5 Å². The van der Waals surface area contributed by atoms with Crippen LogP contribution in [0.1, 0.15) is 34.3 Å². The summed E-state index contributed by atoms with van der Waals surface area (Å²) in [6.07, 6.45) is 5.86. The highest BCUT2D eigenvalue weighted by molar-refractivity contribution is 5.92. The van der Waals surface area contributed by atoms with Crippen molar-refractivity contribution in [3.8, 4) is 0 Å². The topological polar surface area (TPSA) is 63.9 Å². The predicted octanol–water partition coefficient (Wildman–Crippen LogP) is 1.62. The predicted molar refractivity (Wildman–Crippen MR) is 82.5 cm³/mol. The molecule has 6 heteroatoms. The first kappa shape index (κ1) is 14.7. The van der Waals surface area contributed by atoms with Crippen LogP contribution >= 0.6 is 0 Å². The molecule has 0 aliphatic carbocycles. The number of aromatic nitrogens is 4. The largest absolute Gasteiger partial charge is 0.340 e. The van der Waals surface area contributed by atoms with E-state index in [2.05, 4.69) is 19.5 Å². The lowest BCUT2D eigenvalue weighted by Gasteiger charge is -2.27. The number of aryl methyl sites for hydroxylation is 3. The zero-order chi connectivity index (χ0) is 15.7. The summed E-state index contributed by atoms with van der Waals surface area (Å²) in [5, 5.41) is 0. The van der Waals surface area contributed by atoms with Crippen LogP contribution in [0.25, 0.3) is 0 Å². The average molecular weight is 299 g/mol. The van der Waals surface area contributed by atoms with Gasteiger partial charge in [-0.05, 0) is 32.3 Å². The van der Waals surface area contributed by atoms with Gasteiger partial charge in [-0.15, -0.1) is 0 Å². The van der Waals surface area contributed by atoms with E-state index in [0.717, 1.165) is 37.4 Å². The summed E-state index contributed by atoms with van der Waals surface area (Å²) in [6.45, 7) is 5.40. The second-order valence-electron chi connectivity index (χ2n) is 6.02. The van der Waals surface area contributed by atoms with E-state index in [1.807, 2.05) is 33.3 Å². The molecule has 1 atom stereocenters. The van der Waals surface area contributed by atoms with Gasteiger partial charge in [0.15, 0.2) is 0 Å². The van der Waals surface area contributed by atoms with E-state index >= 15 is 0 Å². The van der Waals surface area contributed by atoms with Gasteiger partial charge < -0.3 is 9.47 Å². The maximum atomic E-state index is 12.5. The highest BCUT2D eigenvalue weighted by Crippen LogP contribution is 2.20. The van der Waals surface area contributed by atoms with E-state index in [1.165, 1.54) is 0 Å². The van der Waals surface area contributed by atoms with Crippen molar-refractivity contribution in [1.29, 1.82) is 0 Å². The van der Waals surface area contributed by atoms with Crippen molar-refractivity contribution < 1.29 is 4.79 Å². The van der Waals surface area contributed by atoms with Gasteiger partial charge in [0.2, 0.25) is 0 Å². The zero-order valence-corrected chi connectivity index (χ0v) is 13.3. The molecule has 0 saturated heterocycles. The number of nitrogens with zero attached hydrogens (tertiary/aromatic N) is 5. The van der Waals surface area contributed by atoms with E-state index in [1.54, 1.807) is 11.0 Å². The molecule has 1 amide bonds. The number of fused-ring (bicyclic) bond motifs is 1. The molecule has 3 heterocycles. The van der Waals surface area contributed by atoms with E-state index in [-0.39, 0.29) is 5.91 Å². The SMILES string of the molecule is Cc1cc(C(=O)N(C)C[C@H]2CCn3ccnc3C2)nc(C)n1. The minimum atomic E-state index is -0.0393. The van der Waals surface area contributed by atoms with Gasteiger partial charge in [-0.2, -0.15) is 0 Å². The second-order valence-corrected chi connectivity index (χ2v) is 6.02. The average Bonchev–Trinajstić information content (AvgIpc) is 2.93. The maximum Gasteiger partial charge on any atom is 0.272 e. The number of rotatable bonds is 3. The van der Waals surface area contributed by atoms with Gasteiger partial charge >= 0.3 is 0 Å². The Bertz CT molecular complexity index is 673. The lowest BCUT2D eigenvalue weighted by molar-refractivity contribution is 0.0757. The van der Waals surface area contributed by atoms with Gasteiger partial charge in [-0.1, -0.05) is 0 Å². The Labute approximate surface area is 130 Å². The summed E-state index contributed by atoms with van der Waals surface area (Å²) in [4.78, 5) is 27.2. The van der Waals surface area contributed by atoms with Crippen LogP contribution in [0.2, 0.25) is 0 Å². The Kier molecular flexibility index (Phi) is 3.92. The third-order valence-electron chi connectivity index (χ3n) is 4.12. The van der Waals surface area contributed by atoms with Crippen molar-refractivity contribution in [3.63, 3.8) is 0 Å². The molecule has 2 aromatic rings. The first-order valence-corrected chi connectivity index (χ1v) is 7.60. The van der Waals surface area contributed by atoms with Gasteiger partial charge in [0, 0.05) is 44.6 Å². The molecule has 0 bridgehead atoms. The van der Waals surface area contributed by atoms with Gasteiger partial charge in [0.25, 0.3) is 5.91 Å². The van der Waals surface area contributed by atoms with Gasteiger partial charge in [-0.25, -0.2) is 15.0 Å². The number of hydrogen-bond acceptors (Lipinski definition) is 4. The Balaban J connectivity index is 1.67. The zero-order valence-electron chi connectivity index (χ0n) is 13.3. The number of hydrogen-bond donors (Lipinski definition) is 0. The van der Waals surface area contributed by atoms with Crippen LogP contribution in [0.5, 0.6) is 0 Å². The van der Waals surface area contributed by atoms with Crippen LogP contribution in [-0.2, 0) is 13.0 Å². The Morgan fingerprint density at radius 2 is 2.23 bits per heavy atom. The van der Waals surface area contributed by atoms with Crippen molar-refractivity contribution in [2.75, 3.05) is 13.6 Å². The van der Waals surface area contributed by atoms with Gasteiger partial charge in [0.1, 0.15) is 17.3 Å². The number of carbonyl (C=O) groups is 1. The third kappa shape index (κ3) is 3.00. The van der Waals surface area contributed by atoms with Crippen LogP contribution in [0.4, 0.5) is 0 Å². The van der Waals surface area contributed by atoms with Gasteiger partial charge in [-0.3, -0.25) is 4.79 Å². The second kappa shape index (κ2) is 5.87. The van der Waals surface area contributed by atoms with Crippen molar-refractivity contribution in [1.82, 2.24) is 24.4 Å². The summed E-state index contributed by atoms with van der Waals surface area (Å²) in [6, 6.07) is 1.75. The highest BCUT2D eigenvalue weighted by Gasteiger charge is 2.23. The summed E-state index contributed by atoms with van der Waals surface area (Å²) in [7, 11) is 1.84. The number of amides is 1. The fraction of sp³-hybridized carbons (Fsp3) is 0.500.